The summed E-state index contributed by atoms with van der Waals surface area (Å²) in [5.74, 6) is 0.921. The van der Waals surface area contributed by atoms with Gasteiger partial charge < -0.3 is 29.2 Å². The van der Waals surface area contributed by atoms with Crippen LogP contribution >= 0.6 is 0 Å². The van der Waals surface area contributed by atoms with E-state index in [1.807, 2.05) is 0 Å². The number of hydrogen-bond acceptors (Lipinski definition) is 7. The molecule has 26 heavy (non-hydrogen) atoms. The lowest BCUT2D eigenvalue weighted by Gasteiger charge is -2.30. The Balaban J connectivity index is 2.17. The molecule has 2 aliphatic rings. The maximum atomic E-state index is 12.3. The summed E-state index contributed by atoms with van der Waals surface area (Å²) in [5.41, 5.74) is -0.430. The number of benzene rings is 1. The average molecular weight is 360 g/mol. The van der Waals surface area contributed by atoms with Crippen LogP contribution in [0, 0.1) is 0 Å². The SMILES string of the molecule is COC1=C(c2cc(OC)c(O)c(OC)c2)OC2=CC(C)(O)CC(=O)C2=C1. The molecular weight excluding hydrogens is 340 g/mol. The highest BCUT2D eigenvalue weighted by Crippen LogP contribution is 2.43. The largest absolute Gasteiger partial charge is 0.502 e. The Labute approximate surface area is 150 Å². The Morgan fingerprint density at radius 2 is 1.73 bits per heavy atom. The van der Waals surface area contributed by atoms with Crippen LogP contribution in [0.25, 0.3) is 5.76 Å². The summed E-state index contributed by atoms with van der Waals surface area (Å²) in [6, 6.07) is 3.13. The van der Waals surface area contributed by atoms with E-state index in [2.05, 4.69) is 0 Å². The molecule has 2 N–H and O–H groups in total. The van der Waals surface area contributed by atoms with Gasteiger partial charge in [-0.25, -0.2) is 0 Å². The second-order valence-corrected chi connectivity index (χ2v) is 6.25. The van der Waals surface area contributed by atoms with E-state index in [1.54, 1.807) is 25.1 Å². The molecule has 1 aromatic carbocycles. The number of phenolic OH excluding ortho intramolecular Hbond substituents is 1. The van der Waals surface area contributed by atoms with E-state index >= 15 is 0 Å². The molecule has 0 saturated heterocycles. The second kappa shape index (κ2) is 6.42. The summed E-state index contributed by atoms with van der Waals surface area (Å²) in [7, 11) is 4.30. The highest BCUT2D eigenvalue weighted by atomic mass is 16.5. The van der Waals surface area contributed by atoms with Gasteiger partial charge in [-0.2, -0.15) is 0 Å². The van der Waals surface area contributed by atoms with E-state index in [4.69, 9.17) is 18.9 Å². The van der Waals surface area contributed by atoms with Gasteiger partial charge in [-0.15, -0.1) is 0 Å². The first kappa shape index (κ1) is 17.9. The van der Waals surface area contributed by atoms with Crippen molar-refractivity contribution in [1.82, 2.24) is 0 Å². The quantitative estimate of drug-likeness (QED) is 0.851. The van der Waals surface area contributed by atoms with Crippen molar-refractivity contribution in [1.29, 1.82) is 0 Å². The van der Waals surface area contributed by atoms with Crippen molar-refractivity contribution in [3.63, 3.8) is 0 Å². The number of Topliss-reactive ketones (excluding diaryl/α,β-unsaturated/α-hetero) is 1. The Morgan fingerprint density at radius 1 is 1.12 bits per heavy atom. The molecule has 0 spiro atoms. The second-order valence-electron chi connectivity index (χ2n) is 6.25. The zero-order chi connectivity index (χ0) is 19.1. The van der Waals surface area contributed by atoms with Gasteiger partial charge in [0.15, 0.2) is 28.8 Å². The fourth-order valence-electron chi connectivity index (χ4n) is 2.94. The molecule has 1 aliphatic heterocycles. The lowest BCUT2D eigenvalue weighted by atomic mass is 9.86. The van der Waals surface area contributed by atoms with Gasteiger partial charge in [0.25, 0.3) is 0 Å². The van der Waals surface area contributed by atoms with Crippen molar-refractivity contribution >= 4 is 11.5 Å². The van der Waals surface area contributed by atoms with Crippen LogP contribution in [0.15, 0.2) is 41.4 Å². The van der Waals surface area contributed by atoms with Gasteiger partial charge in [0.05, 0.1) is 32.5 Å². The molecule has 1 heterocycles. The summed E-state index contributed by atoms with van der Waals surface area (Å²) in [6.45, 7) is 1.54. The van der Waals surface area contributed by atoms with Crippen molar-refractivity contribution in [2.75, 3.05) is 21.3 Å². The van der Waals surface area contributed by atoms with Crippen LogP contribution in [-0.4, -0.2) is 42.9 Å². The molecule has 3 rings (SSSR count). The van der Waals surface area contributed by atoms with E-state index < -0.39 is 5.60 Å². The first-order valence-corrected chi connectivity index (χ1v) is 7.91. The number of methoxy groups -OCH3 is 3. The van der Waals surface area contributed by atoms with Gasteiger partial charge in [0.2, 0.25) is 5.75 Å². The average Bonchev–Trinajstić information content (AvgIpc) is 2.60. The molecular formula is C19H20O7. The number of carbonyl (C=O) groups is 1. The fourth-order valence-corrected chi connectivity index (χ4v) is 2.94. The smallest absolute Gasteiger partial charge is 0.200 e. The van der Waals surface area contributed by atoms with Crippen LogP contribution in [-0.2, 0) is 14.3 Å². The van der Waals surface area contributed by atoms with E-state index in [-0.39, 0.29) is 35.2 Å². The lowest BCUT2D eigenvalue weighted by molar-refractivity contribution is -0.119. The highest BCUT2D eigenvalue weighted by Gasteiger charge is 2.36. The van der Waals surface area contributed by atoms with Gasteiger partial charge in [-0.1, -0.05) is 0 Å². The van der Waals surface area contributed by atoms with Crippen LogP contribution in [0.1, 0.15) is 18.9 Å². The van der Waals surface area contributed by atoms with Crippen LogP contribution in [0.5, 0.6) is 17.2 Å². The third-order valence-corrected chi connectivity index (χ3v) is 4.20. The van der Waals surface area contributed by atoms with E-state index in [0.29, 0.717) is 22.7 Å². The molecule has 0 bridgehead atoms. The van der Waals surface area contributed by atoms with Crippen LogP contribution in [0.2, 0.25) is 0 Å². The fraction of sp³-hybridized carbons (Fsp3) is 0.316. The zero-order valence-corrected chi connectivity index (χ0v) is 15.0. The Morgan fingerprint density at radius 3 is 2.27 bits per heavy atom. The number of fused-ring (bicyclic) bond motifs is 1. The minimum atomic E-state index is -1.29. The summed E-state index contributed by atoms with van der Waals surface area (Å²) in [6.07, 6.45) is 3.05. The molecule has 0 fully saturated rings. The predicted octanol–water partition coefficient (Wildman–Crippen LogP) is 2.29. The zero-order valence-electron chi connectivity index (χ0n) is 15.0. The van der Waals surface area contributed by atoms with Crippen molar-refractivity contribution in [2.24, 2.45) is 0 Å². The first-order valence-electron chi connectivity index (χ1n) is 7.91. The standard InChI is InChI=1S/C19H20O7/c1-19(22)8-12(20)11-7-15(25-4)18(26-16(11)9-19)10-5-13(23-2)17(21)14(6-10)24-3/h5-7,9,21-22H,8H2,1-4H3. The Hall–Kier alpha value is -2.93. The third kappa shape index (κ3) is 3.01. The number of rotatable bonds is 4. The molecule has 7 heteroatoms. The van der Waals surface area contributed by atoms with Gasteiger partial charge in [0, 0.05) is 12.0 Å². The Kier molecular flexibility index (Phi) is 4.41. The molecule has 0 radical (unpaired) electrons. The van der Waals surface area contributed by atoms with Crippen LogP contribution in [0.4, 0.5) is 0 Å². The monoisotopic (exact) mass is 360 g/mol. The van der Waals surface area contributed by atoms with Gasteiger partial charge in [-0.3, -0.25) is 4.79 Å². The number of aliphatic hydroxyl groups is 1. The lowest BCUT2D eigenvalue weighted by Crippen LogP contribution is -2.32. The number of carbonyl (C=O) groups excluding carboxylic acids is 1. The summed E-state index contributed by atoms with van der Waals surface area (Å²) in [4.78, 5) is 12.3. The minimum absolute atomic E-state index is 0.0289. The molecule has 0 amide bonds. The van der Waals surface area contributed by atoms with E-state index in [1.165, 1.54) is 27.4 Å². The summed E-state index contributed by atoms with van der Waals surface area (Å²) in [5, 5.41) is 20.3. The minimum Gasteiger partial charge on any atom is -0.502 e. The van der Waals surface area contributed by atoms with Crippen LogP contribution in [0.3, 0.4) is 0 Å². The number of aromatic hydroxyl groups is 1. The predicted molar refractivity (Wildman–Crippen MR) is 92.6 cm³/mol. The van der Waals surface area contributed by atoms with Crippen molar-refractivity contribution in [2.45, 2.75) is 18.9 Å². The molecule has 1 atom stereocenters. The molecule has 1 aliphatic carbocycles. The first-order chi connectivity index (χ1) is 12.3. The van der Waals surface area contributed by atoms with E-state index in [0.717, 1.165) is 0 Å². The highest BCUT2D eigenvalue weighted by molar-refractivity contribution is 6.02. The van der Waals surface area contributed by atoms with Crippen molar-refractivity contribution < 1.29 is 34.0 Å². The van der Waals surface area contributed by atoms with Crippen molar-refractivity contribution in [3.05, 3.63) is 46.9 Å². The molecule has 0 aromatic heterocycles. The maximum absolute atomic E-state index is 12.3. The molecule has 138 valence electrons. The normalized spacial score (nSPS) is 22.1. The molecule has 1 aromatic rings. The topological polar surface area (TPSA) is 94.5 Å². The molecule has 0 saturated carbocycles. The summed E-state index contributed by atoms with van der Waals surface area (Å²) >= 11 is 0. The van der Waals surface area contributed by atoms with Gasteiger partial charge >= 0.3 is 0 Å². The van der Waals surface area contributed by atoms with Crippen molar-refractivity contribution in [3.8, 4) is 17.2 Å². The van der Waals surface area contributed by atoms with E-state index in [9.17, 15) is 15.0 Å². The van der Waals surface area contributed by atoms with Gasteiger partial charge in [-0.05, 0) is 31.2 Å². The molecule has 7 nitrogen and oxygen atoms in total. The van der Waals surface area contributed by atoms with Gasteiger partial charge in [0.1, 0.15) is 5.76 Å². The third-order valence-electron chi connectivity index (χ3n) is 4.20. The number of ether oxygens (including phenoxy) is 4. The molecule has 1 unspecified atom stereocenters. The number of hydrogen-bond donors (Lipinski definition) is 2. The summed E-state index contributed by atoms with van der Waals surface area (Å²) < 4.78 is 21.6. The number of phenols is 1. The Bertz CT molecular complexity index is 834. The number of ketones is 1. The maximum Gasteiger partial charge on any atom is 0.200 e. The van der Waals surface area contributed by atoms with Crippen LogP contribution < -0.4 is 9.47 Å². The number of allylic oxidation sites excluding steroid dienone is 2.